The van der Waals surface area contributed by atoms with Gasteiger partial charge in [-0.25, -0.2) is 4.79 Å². The minimum absolute atomic E-state index is 0.0866. The van der Waals surface area contributed by atoms with E-state index in [1.54, 1.807) is 12.1 Å². The van der Waals surface area contributed by atoms with Crippen LogP contribution in [0, 0.1) is 0 Å². The highest BCUT2D eigenvalue weighted by atomic mass is 19.4. The summed E-state index contributed by atoms with van der Waals surface area (Å²) in [5, 5.41) is 12.9. The number of nitrogens with one attached hydrogen (secondary N) is 1. The van der Waals surface area contributed by atoms with Gasteiger partial charge in [0, 0.05) is 56.8 Å². The molecule has 36 heavy (non-hydrogen) atoms. The molecule has 2 aromatic carbocycles. The second-order valence-electron chi connectivity index (χ2n) is 10.0. The van der Waals surface area contributed by atoms with E-state index >= 15 is 0 Å². The van der Waals surface area contributed by atoms with E-state index in [0.29, 0.717) is 25.2 Å². The van der Waals surface area contributed by atoms with Crippen LogP contribution in [0.3, 0.4) is 0 Å². The smallest absolute Gasteiger partial charge is 0.416 e. The number of hydrogen-bond acceptors (Lipinski definition) is 4. The fourth-order valence-corrected chi connectivity index (χ4v) is 5.65. The third kappa shape index (κ3) is 5.56. The van der Waals surface area contributed by atoms with Gasteiger partial charge in [0.05, 0.1) is 5.56 Å². The minimum atomic E-state index is -4.31. The van der Waals surface area contributed by atoms with Crippen LogP contribution in [0.15, 0.2) is 42.5 Å². The Hall–Kier alpha value is -2.94. The quantitative estimate of drug-likeness (QED) is 0.566. The largest absolute Gasteiger partial charge is 0.490 e. The first-order valence-electron chi connectivity index (χ1n) is 12.7. The Labute approximate surface area is 209 Å². The molecule has 0 bridgehead atoms. The zero-order valence-corrected chi connectivity index (χ0v) is 20.1. The zero-order valence-electron chi connectivity index (χ0n) is 20.1. The Morgan fingerprint density at radius 1 is 0.944 bits per heavy atom. The Morgan fingerprint density at radius 2 is 1.64 bits per heavy atom. The van der Waals surface area contributed by atoms with Gasteiger partial charge < -0.3 is 25.0 Å². The molecule has 0 aromatic heterocycles. The number of halogens is 3. The number of alkyl halides is 3. The van der Waals surface area contributed by atoms with Crippen LogP contribution in [-0.2, 0) is 12.6 Å². The van der Waals surface area contributed by atoms with Crippen LogP contribution in [0.4, 0.5) is 23.7 Å². The number of carboxylic acid groups (broad SMARTS) is 1. The van der Waals surface area contributed by atoms with Crippen molar-refractivity contribution < 1.29 is 27.8 Å². The van der Waals surface area contributed by atoms with Gasteiger partial charge in [-0.3, -0.25) is 0 Å². The zero-order chi connectivity index (χ0) is 25.3. The summed E-state index contributed by atoms with van der Waals surface area (Å²) >= 11 is 0. The van der Waals surface area contributed by atoms with E-state index in [4.69, 9.17) is 9.84 Å². The molecule has 6 nitrogen and oxygen atoms in total. The van der Waals surface area contributed by atoms with Gasteiger partial charge in [0.2, 0.25) is 0 Å². The van der Waals surface area contributed by atoms with Gasteiger partial charge >= 0.3 is 12.3 Å². The highest BCUT2D eigenvalue weighted by Crippen LogP contribution is 2.36. The molecule has 3 aliphatic rings. The van der Waals surface area contributed by atoms with Gasteiger partial charge in [-0.2, -0.15) is 13.2 Å². The summed E-state index contributed by atoms with van der Waals surface area (Å²) in [5.41, 5.74) is 2.79. The third-order valence-electron chi connectivity index (χ3n) is 7.70. The lowest BCUT2D eigenvalue weighted by atomic mass is 10.0. The maximum Gasteiger partial charge on any atom is 0.416 e. The molecule has 5 rings (SSSR count). The van der Waals surface area contributed by atoms with Crippen molar-refractivity contribution in [3.63, 3.8) is 0 Å². The molecule has 2 heterocycles. The summed E-state index contributed by atoms with van der Waals surface area (Å²) < 4.78 is 44.7. The molecular weight excluding hydrogens is 471 g/mol. The molecule has 2 aromatic rings. The first-order valence-corrected chi connectivity index (χ1v) is 12.7. The molecule has 0 spiro atoms. The minimum Gasteiger partial charge on any atom is -0.490 e. The molecule has 9 heteroatoms. The van der Waals surface area contributed by atoms with E-state index in [2.05, 4.69) is 22.3 Å². The van der Waals surface area contributed by atoms with Gasteiger partial charge in [0.1, 0.15) is 11.9 Å². The first kappa shape index (κ1) is 24.7. The number of nitrogens with zero attached hydrogens (tertiary/aromatic N) is 2. The van der Waals surface area contributed by atoms with E-state index in [0.717, 1.165) is 75.2 Å². The standard InChI is InChI=1S/C27H32F3N3O3/c28-27(29,30)19-2-4-21(5-3-19)32-15-11-22(12-16-32)36-23-6-7-24-18(17-23)1-8-25(24)31-20-9-13-33(14-10-20)26(34)35/h2-7,17,20,22,25,31H,1,8-16H2,(H,34,35). The second kappa shape index (κ2) is 10.2. The first-order chi connectivity index (χ1) is 17.3. The number of benzene rings is 2. The predicted molar refractivity (Wildman–Crippen MR) is 131 cm³/mol. The van der Waals surface area contributed by atoms with Crippen LogP contribution in [0.1, 0.15) is 54.8 Å². The van der Waals surface area contributed by atoms with Crippen molar-refractivity contribution in [3.05, 3.63) is 59.2 Å². The number of rotatable bonds is 5. The summed E-state index contributed by atoms with van der Waals surface area (Å²) in [6, 6.07) is 12.3. The van der Waals surface area contributed by atoms with Crippen molar-refractivity contribution in [2.45, 2.75) is 62.9 Å². The highest BCUT2D eigenvalue weighted by molar-refractivity contribution is 5.65. The topological polar surface area (TPSA) is 65.0 Å². The van der Waals surface area contributed by atoms with Gasteiger partial charge in [-0.05, 0) is 73.2 Å². The van der Waals surface area contributed by atoms with E-state index in [-0.39, 0.29) is 6.10 Å². The molecule has 0 radical (unpaired) electrons. The van der Waals surface area contributed by atoms with Crippen LogP contribution in [0.5, 0.6) is 5.75 Å². The van der Waals surface area contributed by atoms with E-state index in [1.807, 2.05) is 6.07 Å². The predicted octanol–water partition coefficient (Wildman–Crippen LogP) is 5.47. The Bertz CT molecular complexity index is 1060. The molecule has 0 saturated carbocycles. The lowest BCUT2D eigenvalue weighted by Gasteiger charge is -2.34. The van der Waals surface area contributed by atoms with Crippen LogP contribution >= 0.6 is 0 Å². The number of carbonyl (C=O) groups is 1. The third-order valence-corrected chi connectivity index (χ3v) is 7.70. The Morgan fingerprint density at radius 3 is 2.28 bits per heavy atom. The van der Waals surface area contributed by atoms with Crippen molar-refractivity contribution in [1.29, 1.82) is 0 Å². The number of piperidine rings is 2. The molecule has 194 valence electrons. The molecule has 1 unspecified atom stereocenters. The van der Waals surface area contributed by atoms with Crippen molar-refractivity contribution in [2.24, 2.45) is 0 Å². The van der Waals surface area contributed by atoms with Crippen LogP contribution in [0.2, 0.25) is 0 Å². The molecule has 2 N–H and O–H groups in total. The summed E-state index contributed by atoms with van der Waals surface area (Å²) in [6.45, 7) is 2.65. The number of aryl methyl sites for hydroxylation is 1. The molecular formula is C27H32F3N3O3. The lowest BCUT2D eigenvalue weighted by molar-refractivity contribution is -0.137. The summed E-state index contributed by atoms with van der Waals surface area (Å²) in [5.74, 6) is 0.872. The van der Waals surface area contributed by atoms with Gasteiger partial charge in [-0.1, -0.05) is 6.07 Å². The molecule has 1 atom stereocenters. The Balaban J connectivity index is 1.11. The van der Waals surface area contributed by atoms with Crippen molar-refractivity contribution in [1.82, 2.24) is 10.2 Å². The fourth-order valence-electron chi connectivity index (χ4n) is 5.65. The number of ether oxygens (including phenoxy) is 1. The molecule has 2 aliphatic heterocycles. The van der Waals surface area contributed by atoms with E-state index in [1.165, 1.54) is 16.0 Å². The average Bonchev–Trinajstić information content (AvgIpc) is 3.26. The van der Waals surface area contributed by atoms with Crippen LogP contribution < -0.4 is 15.0 Å². The van der Waals surface area contributed by atoms with E-state index < -0.39 is 17.8 Å². The van der Waals surface area contributed by atoms with Crippen LogP contribution in [-0.4, -0.2) is 54.4 Å². The molecule has 2 fully saturated rings. The van der Waals surface area contributed by atoms with E-state index in [9.17, 15) is 18.0 Å². The number of hydrogen-bond donors (Lipinski definition) is 2. The van der Waals surface area contributed by atoms with Crippen LogP contribution in [0.25, 0.3) is 0 Å². The molecule has 1 aliphatic carbocycles. The van der Waals surface area contributed by atoms with Crippen molar-refractivity contribution in [2.75, 3.05) is 31.1 Å². The van der Waals surface area contributed by atoms with Crippen molar-refractivity contribution in [3.8, 4) is 5.75 Å². The Kier molecular flexibility index (Phi) is 7.01. The maximum atomic E-state index is 12.8. The SMILES string of the molecule is O=C(O)N1CCC(NC2CCc3cc(OC4CCN(c5ccc(C(F)(F)F)cc5)CC4)ccc32)CC1. The van der Waals surface area contributed by atoms with Crippen molar-refractivity contribution >= 4 is 11.8 Å². The molecule has 2 saturated heterocycles. The number of likely N-dealkylation sites (tertiary alicyclic amines) is 1. The number of amides is 1. The maximum absolute atomic E-state index is 12.8. The summed E-state index contributed by atoms with van der Waals surface area (Å²) in [4.78, 5) is 14.7. The monoisotopic (exact) mass is 503 g/mol. The summed E-state index contributed by atoms with van der Waals surface area (Å²) in [7, 11) is 0. The fraction of sp³-hybridized carbons (Fsp3) is 0.519. The molecule has 1 amide bonds. The lowest BCUT2D eigenvalue weighted by Crippen LogP contribution is -2.45. The van der Waals surface area contributed by atoms with Gasteiger partial charge in [-0.15, -0.1) is 0 Å². The van der Waals surface area contributed by atoms with Gasteiger partial charge in [0.25, 0.3) is 0 Å². The number of anilines is 1. The van der Waals surface area contributed by atoms with Gasteiger partial charge in [0.15, 0.2) is 0 Å². The average molecular weight is 504 g/mol. The second-order valence-corrected chi connectivity index (χ2v) is 10.0. The number of fused-ring (bicyclic) bond motifs is 1. The normalized spacial score (nSPS) is 21.5. The summed E-state index contributed by atoms with van der Waals surface area (Å²) in [6.07, 6.45) is 0.267. The highest BCUT2D eigenvalue weighted by Gasteiger charge is 2.31.